The van der Waals surface area contributed by atoms with Gasteiger partial charge in [-0.3, -0.25) is 0 Å². The van der Waals surface area contributed by atoms with Crippen LogP contribution < -0.4 is 0 Å². The third kappa shape index (κ3) is 19.4. The number of hydrogen-bond donors (Lipinski definition) is 0. The molecule has 4 heteroatoms. The van der Waals surface area contributed by atoms with Gasteiger partial charge in [0.1, 0.15) is 6.61 Å². The lowest BCUT2D eigenvalue weighted by Gasteiger charge is -2.05. The van der Waals surface area contributed by atoms with Gasteiger partial charge in [0.05, 0.1) is 20.3 Å². The molecule has 144 valence electrons. The first-order valence-corrected chi connectivity index (χ1v) is 10.0. The van der Waals surface area contributed by atoms with Gasteiger partial charge in [0.15, 0.2) is 0 Å². The van der Waals surface area contributed by atoms with Crippen LogP contribution in [0.1, 0.15) is 90.4 Å². The molecule has 4 nitrogen and oxygen atoms in total. The number of carbonyl (C=O) groups is 1. The molecule has 0 radical (unpaired) electrons. The van der Waals surface area contributed by atoms with Crippen molar-refractivity contribution in [2.45, 2.75) is 90.4 Å². The second kappa shape index (κ2) is 20.4. The quantitative estimate of drug-likeness (QED) is 0.236. The van der Waals surface area contributed by atoms with Crippen LogP contribution in [0.5, 0.6) is 0 Å². The van der Waals surface area contributed by atoms with Crippen molar-refractivity contribution in [3.63, 3.8) is 0 Å². The molecule has 24 heavy (non-hydrogen) atoms. The topological polar surface area (TPSA) is 44.8 Å². The van der Waals surface area contributed by atoms with E-state index >= 15 is 0 Å². The number of carbonyl (C=O) groups excluding carboxylic acids is 1. The monoisotopic (exact) mass is 344 g/mol. The van der Waals surface area contributed by atoms with Gasteiger partial charge in [0, 0.05) is 6.61 Å². The Morgan fingerprint density at radius 3 is 1.58 bits per heavy atom. The van der Waals surface area contributed by atoms with Crippen LogP contribution in [0.15, 0.2) is 0 Å². The average Bonchev–Trinajstić information content (AvgIpc) is 2.60. The Morgan fingerprint density at radius 1 is 0.625 bits per heavy atom. The molecular weight excluding hydrogens is 304 g/mol. The highest BCUT2D eigenvalue weighted by Crippen LogP contribution is 2.12. The van der Waals surface area contributed by atoms with Crippen LogP contribution in [0.2, 0.25) is 0 Å². The summed E-state index contributed by atoms with van der Waals surface area (Å²) in [6, 6.07) is 0. The van der Waals surface area contributed by atoms with E-state index in [1.807, 2.05) is 0 Å². The molecule has 0 fully saturated rings. The minimum absolute atomic E-state index is 0.0125. The van der Waals surface area contributed by atoms with Crippen LogP contribution in [0.25, 0.3) is 0 Å². The summed E-state index contributed by atoms with van der Waals surface area (Å²) >= 11 is 0. The maximum atomic E-state index is 10.8. The Bertz CT molecular complexity index is 256. The number of unbranched alkanes of at least 4 members (excludes halogenated alkanes) is 12. The van der Waals surface area contributed by atoms with Crippen molar-refractivity contribution in [2.24, 2.45) is 0 Å². The molecule has 0 heterocycles. The van der Waals surface area contributed by atoms with E-state index in [4.69, 9.17) is 9.47 Å². The highest BCUT2D eigenvalue weighted by Gasteiger charge is 1.99. The Balaban J connectivity index is 2.99. The van der Waals surface area contributed by atoms with E-state index in [0.717, 1.165) is 13.0 Å². The molecule has 0 aromatic heterocycles. The molecule has 0 N–H and O–H groups in total. The number of methoxy groups -OCH3 is 1. The third-order valence-electron chi connectivity index (χ3n) is 4.21. The summed E-state index contributed by atoms with van der Waals surface area (Å²) in [7, 11) is 1.36. The maximum absolute atomic E-state index is 10.8. The summed E-state index contributed by atoms with van der Waals surface area (Å²) in [5.74, 6) is -0.341. The molecule has 0 aromatic rings. The molecule has 0 unspecified atom stereocenters. The van der Waals surface area contributed by atoms with Gasteiger partial charge >= 0.3 is 5.97 Å². The van der Waals surface area contributed by atoms with E-state index in [-0.39, 0.29) is 12.6 Å². The predicted molar refractivity (Wildman–Crippen MR) is 99.3 cm³/mol. The van der Waals surface area contributed by atoms with Gasteiger partial charge in [-0.1, -0.05) is 84.0 Å². The summed E-state index contributed by atoms with van der Waals surface area (Å²) in [5, 5.41) is 0. The molecule has 0 aliphatic rings. The van der Waals surface area contributed by atoms with Gasteiger partial charge in [-0.05, 0) is 6.42 Å². The fourth-order valence-electron chi connectivity index (χ4n) is 2.66. The van der Waals surface area contributed by atoms with Gasteiger partial charge in [-0.2, -0.15) is 0 Å². The zero-order chi connectivity index (χ0) is 17.7. The number of ether oxygens (including phenoxy) is 3. The highest BCUT2D eigenvalue weighted by atomic mass is 16.6. The van der Waals surface area contributed by atoms with Gasteiger partial charge < -0.3 is 14.2 Å². The fourth-order valence-corrected chi connectivity index (χ4v) is 2.66. The molecule has 0 saturated heterocycles. The molecule has 0 rings (SSSR count). The summed E-state index contributed by atoms with van der Waals surface area (Å²) in [6.45, 7) is 4.08. The molecule has 0 saturated carbocycles. The molecule has 0 atom stereocenters. The van der Waals surface area contributed by atoms with Crippen molar-refractivity contribution in [1.82, 2.24) is 0 Å². The first-order valence-electron chi connectivity index (χ1n) is 10.0. The summed E-state index contributed by atoms with van der Waals surface area (Å²) in [5.41, 5.74) is 0. The van der Waals surface area contributed by atoms with Crippen LogP contribution in [0, 0.1) is 0 Å². The van der Waals surface area contributed by atoms with Crippen LogP contribution in [-0.2, 0) is 19.0 Å². The fraction of sp³-hybridized carbons (Fsp3) is 0.950. The zero-order valence-electron chi connectivity index (χ0n) is 16.2. The first kappa shape index (κ1) is 23.4. The molecule has 0 spiro atoms. The number of esters is 1. The Kier molecular flexibility index (Phi) is 19.9. The van der Waals surface area contributed by atoms with Crippen LogP contribution in [-0.4, -0.2) is 39.5 Å². The van der Waals surface area contributed by atoms with Crippen molar-refractivity contribution in [3.05, 3.63) is 0 Å². The van der Waals surface area contributed by atoms with Crippen molar-refractivity contribution in [2.75, 3.05) is 33.5 Å². The van der Waals surface area contributed by atoms with E-state index in [1.54, 1.807) is 0 Å². The van der Waals surface area contributed by atoms with Crippen LogP contribution >= 0.6 is 0 Å². The van der Waals surface area contributed by atoms with Gasteiger partial charge in [-0.25, -0.2) is 4.79 Å². The van der Waals surface area contributed by atoms with Gasteiger partial charge in [0.2, 0.25) is 0 Å². The standard InChI is InChI=1S/C20H40O4/c1-3-4-5-6-7-8-9-10-11-12-13-14-15-16-23-17-18-24-19-20(21)22-2/h3-19H2,1-2H3. The first-order chi connectivity index (χ1) is 11.8. The normalized spacial score (nSPS) is 10.9. The van der Waals surface area contributed by atoms with E-state index in [9.17, 15) is 4.79 Å². The van der Waals surface area contributed by atoms with Crippen molar-refractivity contribution in [3.8, 4) is 0 Å². The lowest BCUT2D eigenvalue weighted by atomic mass is 10.0. The van der Waals surface area contributed by atoms with Crippen LogP contribution in [0.3, 0.4) is 0 Å². The van der Waals surface area contributed by atoms with E-state index in [0.29, 0.717) is 13.2 Å². The summed E-state index contributed by atoms with van der Waals surface area (Å²) < 4.78 is 15.1. The third-order valence-corrected chi connectivity index (χ3v) is 4.21. The van der Waals surface area contributed by atoms with Gasteiger partial charge in [0.25, 0.3) is 0 Å². The van der Waals surface area contributed by atoms with Gasteiger partial charge in [-0.15, -0.1) is 0 Å². The minimum Gasteiger partial charge on any atom is -0.467 e. The number of hydrogen-bond acceptors (Lipinski definition) is 4. The van der Waals surface area contributed by atoms with E-state index in [2.05, 4.69) is 11.7 Å². The van der Waals surface area contributed by atoms with E-state index < -0.39 is 0 Å². The lowest BCUT2D eigenvalue weighted by Crippen LogP contribution is -2.13. The Labute approximate surface area is 149 Å². The predicted octanol–water partition coefficient (Wildman–Crippen LogP) is 5.28. The second-order valence-corrected chi connectivity index (χ2v) is 6.48. The Hall–Kier alpha value is -0.610. The smallest absolute Gasteiger partial charge is 0.331 e. The molecule has 0 aromatic carbocycles. The molecule has 0 aliphatic heterocycles. The largest absolute Gasteiger partial charge is 0.467 e. The average molecular weight is 345 g/mol. The zero-order valence-corrected chi connectivity index (χ0v) is 16.2. The molecule has 0 bridgehead atoms. The minimum atomic E-state index is -0.341. The van der Waals surface area contributed by atoms with Crippen molar-refractivity contribution < 1.29 is 19.0 Å². The Morgan fingerprint density at radius 2 is 1.08 bits per heavy atom. The SMILES string of the molecule is CCCCCCCCCCCCCCCOCCOCC(=O)OC. The molecular formula is C20H40O4. The van der Waals surface area contributed by atoms with Crippen LogP contribution in [0.4, 0.5) is 0 Å². The maximum Gasteiger partial charge on any atom is 0.331 e. The lowest BCUT2D eigenvalue weighted by molar-refractivity contribution is -0.146. The highest BCUT2D eigenvalue weighted by molar-refractivity contribution is 5.70. The van der Waals surface area contributed by atoms with Crippen molar-refractivity contribution >= 4 is 5.97 Å². The summed E-state index contributed by atoms with van der Waals surface area (Å²) in [4.78, 5) is 10.8. The molecule has 0 amide bonds. The number of rotatable bonds is 19. The summed E-state index contributed by atoms with van der Waals surface area (Å²) in [6.07, 6.45) is 17.7. The van der Waals surface area contributed by atoms with Crippen molar-refractivity contribution in [1.29, 1.82) is 0 Å². The second-order valence-electron chi connectivity index (χ2n) is 6.48. The van der Waals surface area contributed by atoms with E-state index in [1.165, 1.54) is 84.2 Å². The molecule has 0 aliphatic carbocycles.